The first-order chi connectivity index (χ1) is 13.5. The lowest BCUT2D eigenvalue weighted by molar-refractivity contribution is -0.192. The van der Waals surface area contributed by atoms with Gasteiger partial charge in [0.1, 0.15) is 5.82 Å². The van der Waals surface area contributed by atoms with E-state index in [2.05, 4.69) is 41.7 Å². The first kappa shape index (κ1) is 22.4. The Hall–Kier alpha value is -2.90. The average molecular weight is 410 g/mol. The minimum Gasteiger partial charge on any atom is -0.475 e. The molecule has 29 heavy (non-hydrogen) atoms. The quantitative estimate of drug-likeness (QED) is 0.551. The molecule has 0 unspecified atom stereocenters. The summed E-state index contributed by atoms with van der Waals surface area (Å²) in [5, 5.41) is 7.12. The zero-order valence-electron chi connectivity index (χ0n) is 16.3. The van der Waals surface area contributed by atoms with Crippen LogP contribution in [0.1, 0.15) is 25.8 Å². The highest BCUT2D eigenvalue weighted by Gasteiger charge is 2.38. The van der Waals surface area contributed by atoms with E-state index in [9.17, 15) is 17.6 Å². The fourth-order valence-corrected chi connectivity index (χ4v) is 2.64. The van der Waals surface area contributed by atoms with Gasteiger partial charge in [-0.05, 0) is 54.7 Å². The number of carboxylic acid groups (broad SMARTS) is 1. The number of pyridine rings is 1. The Bertz CT molecular complexity index is 994. The van der Waals surface area contributed by atoms with Crippen LogP contribution in [-0.2, 0) is 11.3 Å². The fraction of sp³-hybridized carbons (Fsp3) is 0.333. The van der Waals surface area contributed by atoms with Crippen molar-refractivity contribution in [3.05, 3.63) is 54.1 Å². The molecule has 0 radical (unpaired) electrons. The zero-order valence-corrected chi connectivity index (χ0v) is 16.3. The number of benzene rings is 1. The van der Waals surface area contributed by atoms with Crippen LogP contribution in [0.2, 0.25) is 0 Å². The fourth-order valence-electron chi connectivity index (χ4n) is 2.64. The van der Waals surface area contributed by atoms with E-state index in [0.29, 0.717) is 11.5 Å². The molecule has 0 fully saturated rings. The van der Waals surface area contributed by atoms with E-state index >= 15 is 0 Å². The maximum atomic E-state index is 13.4. The van der Waals surface area contributed by atoms with Crippen molar-refractivity contribution in [1.82, 2.24) is 9.55 Å². The third kappa shape index (κ3) is 6.04. The van der Waals surface area contributed by atoms with Gasteiger partial charge in [0.15, 0.2) is 0 Å². The van der Waals surface area contributed by atoms with Crippen LogP contribution in [0.4, 0.5) is 17.6 Å². The van der Waals surface area contributed by atoms with Crippen molar-refractivity contribution in [2.45, 2.75) is 39.9 Å². The van der Waals surface area contributed by atoms with Crippen LogP contribution < -0.4 is 0 Å². The summed E-state index contributed by atoms with van der Waals surface area (Å²) in [7, 11) is 0. The highest BCUT2D eigenvalue weighted by atomic mass is 19.4. The van der Waals surface area contributed by atoms with Crippen LogP contribution in [0.15, 0.2) is 42.7 Å². The second kappa shape index (κ2) is 9.07. The number of fused-ring (bicyclic) bond motifs is 1. The van der Waals surface area contributed by atoms with Crippen LogP contribution in [0.25, 0.3) is 22.2 Å². The van der Waals surface area contributed by atoms with Crippen molar-refractivity contribution in [1.29, 1.82) is 0 Å². The van der Waals surface area contributed by atoms with Gasteiger partial charge < -0.3 is 9.67 Å². The number of hydrogen-bond donors (Lipinski definition) is 1. The summed E-state index contributed by atoms with van der Waals surface area (Å²) in [5.74, 6) is -2.25. The third-order valence-electron chi connectivity index (χ3n) is 4.30. The Labute approximate surface area is 165 Å². The molecule has 0 aliphatic rings. The lowest BCUT2D eigenvalue weighted by Crippen LogP contribution is -2.21. The summed E-state index contributed by atoms with van der Waals surface area (Å²) >= 11 is 0. The molecule has 156 valence electrons. The lowest BCUT2D eigenvalue weighted by Gasteiger charge is -2.09. The number of aliphatic carboxylic acids is 1. The molecule has 0 aliphatic heterocycles. The second-order valence-corrected chi connectivity index (χ2v) is 7.09. The molecule has 2 aromatic heterocycles. The number of aromatic nitrogens is 2. The first-order valence-corrected chi connectivity index (χ1v) is 9.00. The number of carboxylic acids is 1. The molecule has 0 saturated carbocycles. The molecule has 0 saturated heterocycles. The van der Waals surface area contributed by atoms with Crippen molar-refractivity contribution in [3.8, 4) is 11.1 Å². The molecule has 3 rings (SSSR count). The SMILES string of the molecule is Cc1cc(-c2cnc3ccn(CCC(C)C)c3c2)ccc1F.O=C(O)C(F)(F)F. The van der Waals surface area contributed by atoms with Crippen molar-refractivity contribution in [2.24, 2.45) is 5.92 Å². The predicted molar refractivity (Wildman–Crippen MR) is 103 cm³/mol. The molecule has 0 spiro atoms. The van der Waals surface area contributed by atoms with Crippen molar-refractivity contribution in [2.75, 3.05) is 0 Å². The minimum absolute atomic E-state index is 0.168. The summed E-state index contributed by atoms with van der Waals surface area (Å²) in [6.45, 7) is 7.25. The molecule has 1 N–H and O–H groups in total. The Morgan fingerprint density at radius 3 is 2.38 bits per heavy atom. The third-order valence-corrected chi connectivity index (χ3v) is 4.30. The topological polar surface area (TPSA) is 55.1 Å². The number of carbonyl (C=O) groups is 1. The van der Waals surface area contributed by atoms with Gasteiger partial charge in [-0.15, -0.1) is 0 Å². The predicted octanol–water partition coefficient (Wildman–Crippen LogP) is 5.83. The molecular formula is C21H22F4N2O2. The molecule has 2 heterocycles. The zero-order chi connectivity index (χ0) is 21.8. The lowest BCUT2D eigenvalue weighted by atomic mass is 10.0. The van der Waals surface area contributed by atoms with Gasteiger partial charge in [0.2, 0.25) is 0 Å². The molecule has 1 aromatic carbocycles. The van der Waals surface area contributed by atoms with Crippen molar-refractivity contribution < 1.29 is 27.5 Å². The molecular weight excluding hydrogens is 388 g/mol. The molecule has 4 nitrogen and oxygen atoms in total. The van der Waals surface area contributed by atoms with Gasteiger partial charge in [-0.2, -0.15) is 13.2 Å². The molecule has 3 aromatic rings. The van der Waals surface area contributed by atoms with Crippen LogP contribution in [0, 0.1) is 18.7 Å². The summed E-state index contributed by atoms with van der Waals surface area (Å²) in [5.41, 5.74) is 4.84. The van der Waals surface area contributed by atoms with E-state index in [-0.39, 0.29) is 5.82 Å². The normalized spacial score (nSPS) is 11.4. The van der Waals surface area contributed by atoms with Crippen LogP contribution in [-0.4, -0.2) is 26.8 Å². The second-order valence-electron chi connectivity index (χ2n) is 7.09. The molecule has 0 aliphatic carbocycles. The summed E-state index contributed by atoms with van der Waals surface area (Å²) in [6.07, 6.45) is 0.0190. The van der Waals surface area contributed by atoms with Crippen LogP contribution in [0.3, 0.4) is 0 Å². The van der Waals surface area contributed by atoms with E-state index in [1.54, 1.807) is 6.92 Å². The molecule has 0 bridgehead atoms. The highest BCUT2D eigenvalue weighted by Crippen LogP contribution is 2.25. The van der Waals surface area contributed by atoms with Gasteiger partial charge in [-0.3, -0.25) is 4.98 Å². The Kier molecular flexibility index (Phi) is 7.00. The van der Waals surface area contributed by atoms with Gasteiger partial charge in [-0.25, -0.2) is 9.18 Å². The standard InChI is InChI=1S/C19H21FN2.C2HF3O2/c1-13(2)6-8-22-9-7-18-19(22)11-16(12-21-18)15-4-5-17(20)14(3)10-15;3-2(4,5)1(6)7/h4-5,7,9-13H,6,8H2,1-3H3;(H,6,7). The van der Waals surface area contributed by atoms with Crippen molar-refractivity contribution in [3.63, 3.8) is 0 Å². The van der Waals surface area contributed by atoms with Gasteiger partial charge in [0, 0.05) is 24.5 Å². The van der Waals surface area contributed by atoms with E-state index in [0.717, 1.165) is 35.1 Å². The Morgan fingerprint density at radius 2 is 1.83 bits per heavy atom. The first-order valence-electron chi connectivity index (χ1n) is 9.00. The number of nitrogens with zero attached hydrogens (tertiary/aromatic N) is 2. The van der Waals surface area contributed by atoms with Gasteiger partial charge in [0.25, 0.3) is 0 Å². The summed E-state index contributed by atoms with van der Waals surface area (Å²) in [4.78, 5) is 13.4. The number of rotatable bonds is 4. The van der Waals surface area contributed by atoms with Crippen LogP contribution in [0.5, 0.6) is 0 Å². The largest absolute Gasteiger partial charge is 0.490 e. The number of alkyl halides is 3. The van der Waals surface area contributed by atoms with E-state index in [1.165, 1.54) is 6.07 Å². The highest BCUT2D eigenvalue weighted by molar-refractivity contribution is 5.81. The van der Waals surface area contributed by atoms with Gasteiger partial charge in [0.05, 0.1) is 11.0 Å². The number of hydrogen-bond acceptors (Lipinski definition) is 2. The van der Waals surface area contributed by atoms with E-state index in [4.69, 9.17) is 9.90 Å². The maximum Gasteiger partial charge on any atom is 0.490 e. The van der Waals surface area contributed by atoms with E-state index < -0.39 is 12.1 Å². The monoisotopic (exact) mass is 410 g/mol. The van der Waals surface area contributed by atoms with Gasteiger partial charge in [-0.1, -0.05) is 19.9 Å². The Morgan fingerprint density at radius 1 is 1.17 bits per heavy atom. The van der Waals surface area contributed by atoms with Crippen molar-refractivity contribution >= 4 is 17.0 Å². The van der Waals surface area contributed by atoms with Crippen LogP contribution >= 0.6 is 0 Å². The maximum absolute atomic E-state index is 13.4. The van der Waals surface area contributed by atoms with E-state index in [1.807, 2.05) is 18.3 Å². The number of aryl methyl sites for hydroxylation is 2. The molecule has 8 heteroatoms. The Balaban J connectivity index is 0.000000370. The average Bonchev–Trinajstić information content (AvgIpc) is 3.04. The summed E-state index contributed by atoms with van der Waals surface area (Å²) in [6, 6.07) is 9.41. The number of halogens is 4. The minimum atomic E-state index is -5.08. The molecule has 0 atom stereocenters. The summed E-state index contributed by atoms with van der Waals surface area (Å²) < 4.78 is 47.4. The smallest absolute Gasteiger partial charge is 0.475 e. The van der Waals surface area contributed by atoms with Gasteiger partial charge >= 0.3 is 12.1 Å². The molecule has 0 amide bonds.